The van der Waals surface area contributed by atoms with E-state index in [1.165, 1.54) is 5.56 Å². The van der Waals surface area contributed by atoms with Crippen LogP contribution in [0.15, 0.2) is 52.1 Å². The highest BCUT2D eigenvalue weighted by Crippen LogP contribution is 2.20. The smallest absolute Gasteiger partial charge is 0.277 e. The third kappa shape index (κ3) is 5.11. The van der Waals surface area contributed by atoms with Crippen LogP contribution in [0, 0.1) is 25.2 Å². The maximum atomic E-state index is 12.1. The van der Waals surface area contributed by atoms with Crippen LogP contribution in [0.2, 0.25) is 0 Å². The van der Waals surface area contributed by atoms with Crippen LogP contribution in [0.4, 0.5) is 5.69 Å². The SMILES string of the molecule is Cc1ccc(OCc2nnc(SCC(=O)Nc3ccccc3C#N)o2)cc1C. The van der Waals surface area contributed by atoms with E-state index < -0.39 is 0 Å². The van der Waals surface area contributed by atoms with E-state index in [9.17, 15) is 4.79 Å². The van der Waals surface area contributed by atoms with Gasteiger partial charge in [0, 0.05) is 0 Å². The Kier molecular flexibility index (Phi) is 6.29. The van der Waals surface area contributed by atoms with Crippen LogP contribution in [-0.2, 0) is 11.4 Å². The maximum Gasteiger partial charge on any atom is 0.277 e. The first kappa shape index (κ1) is 19.5. The van der Waals surface area contributed by atoms with Crippen molar-refractivity contribution in [2.75, 3.05) is 11.1 Å². The molecule has 0 bridgehead atoms. The van der Waals surface area contributed by atoms with Crippen molar-refractivity contribution in [3.05, 3.63) is 65.0 Å². The molecule has 0 aliphatic heterocycles. The van der Waals surface area contributed by atoms with Crippen molar-refractivity contribution in [3.8, 4) is 11.8 Å². The number of hydrogen-bond acceptors (Lipinski definition) is 7. The van der Waals surface area contributed by atoms with Gasteiger partial charge in [0.2, 0.25) is 5.91 Å². The minimum atomic E-state index is -0.265. The molecule has 0 radical (unpaired) electrons. The molecule has 1 amide bonds. The summed E-state index contributed by atoms with van der Waals surface area (Å²) in [6, 6.07) is 14.7. The molecule has 0 saturated heterocycles. The molecule has 2 aromatic carbocycles. The predicted molar refractivity (Wildman–Crippen MR) is 105 cm³/mol. The fourth-order valence-corrected chi connectivity index (χ4v) is 2.89. The molecule has 1 heterocycles. The van der Waals surface area contributed by atoms with E-state index >= 15 is 0 Å². The Morgan fingerprint density at radius 1 is 1.21 bits per heavy atom. The van der Waals surface area contributed by atoms with Gasteiger partial charge >= 0.3 is 0 Å². The maximum absolute atomic E-state index is 12.1. The first-order chi connectivity index (χ1) is 13.5. The second kappa shape index (κ2) is 9.06. The molecule has 0 fully saturated rings. The summed E-state index contributed by atoms with van der Waals surface area (Å²) in [6.07, 6.45) is 0. The van der Waals surface area contributed by atoms with Crippen LogP contribution >= 0.6 is 11.8 Å². The van der Waals surface area contributed by atoms with Crippen LogP contribution in [0.25, 0.3) is 0 Å². The molecule has 142 valence electrons. The normalized spacial score (nSPS) is 10.3. The molecule has 0 aliphatic rings. The number of nitriles is 1. The van der Waals surface area contributed by atoms with Crippen LogP contribution in [0.5, 0.6) is 5.75 Å². The summed E-state index contributed by atoms with van der Waals surface area (Å²) in [7, 11) is 0. The number of carbonyl (C=O) groups excluding carboxylic acids is 1. The van der Waals surface area contributed by atoms with Crippen molar-refractivity contribution in [3.63, 3.8) is 0 Å². The van der Waals surface area contributed by atoms with Crippen molar-refractivity contribution < 1.29 is 13.9 Å². The Morgan fingerprint density at radius 3 is 2.82 bits per heavy atom. The first-order valence-corrected chi connectivity index (χ1v) is 9.48. The Labute approximate surface area is 166 Å². The third-order valence-corrected chi connectivity index (χ3v) is 4.76. The first-order valence-electron chi connectivity index (χ1n) is 8.49. The number of amides is 1. The number of para-hydroxylation sites is 1. The number of benzene rings is 2. The number of aromatic nitrogens is 2. The number of anilines is 1. The lowest BCUT2D eigenvalue weighted by molar-refractivity contribution is -0.113. The standard InChI is InChI=1S/C20H18N4O3S/c1-13-7-8-16(9-14(13)2)26-11-19-23-24-20(27-19)28-12-18(25)22-17-6-4-3-5-15(17)10-21/h3-9H,11-12H2,1-2H3,(H,22,25). The van der Waals surface area contributed by atoms with Gasteiger partial charge in [-0.05, 0) is 49.2 Å². The monoisotopic (exact) mass is 394 g/mol. The molecule has 0 atom stereocenters. The Morgan fingerprint density at radius 2 is 2.04 bits per heavy atom. The van der Waals surface area contributed by atoms with E-state index in [2.05, 4.69) is 15.5 Å². The molecular weight excluding hydrogens is 376 g/mol. The van der Waals surface area contributed by atoms with Crippen molar-refractivity contribution in [1.29, 1.82) is 5.26 Å². The molecule has 8 heteroatoms. The largest absolute Gasteiger partial charge is 0.484 e. The summed E-state index contributed by atoms with van der Waals surface area (Å²) in [5.74, 6) is 0.875. The van der Waals surface area contributed by atoms with Gasteiger partial charge in [0.1, 0.15) is 11.8 Å². The highest BCUT2D eigenvalue weighted by molar-refractivity contribution is 7.99. The molecule has 7 nitrogen and oxygen atoms in total. The van der Waals surface area contributed by atoms with Gasteiger partial charge in [-0.25, -0.2) is 0 Å². The number of hydrogen-bond donors (Lipinski definition) is 1. The highest BCUT2D eigenvalue weighted by atomic mass is 32.2. The lowest BCUT2D eigenvalue weighted by Crippen LogP contribution is -2.14. The van der Waals surface area contributed by atoms with E-state index in [4.69, 9.17) is 14.4 Å². The average Bonchev–Trinajstić information content (AvgIpc) is 3.16. The van der Waals surface area contributed by atoms with Crippen molar-refractivity contribution in [1.82, 2.24) is 10.2 Å². The van der Waals surface area contributed by atoms with Crippen molar-refractivity contribution in [2.24, 2.45) is 0 Å². The molecule has 0 aliphatic carbocycles. The number of thioether (sulfide) groups is 1. The number of carbonyl (C=O) groups is 1. The van der Waals surface area contributed by atoms with Gasteiger partial charge in [-0.2, -0.15) is 5.26 Å². The fourth-order valence-electron chi connectivity index (χ4n) is 2.31. The summed E-state index contributed by atoms with van der Waals surface area (Å²) >= 11 is 1.12. The number of nitrogens with zero attached hydrogens (tertiary/aromatic N) is 3. The van der Waals surface area contributed by atoms with Crippen LogP contribution in [0.1, 0.15) is 22.6 Å². The zero-order chi connectivity index (χ0) is 19.9. The van der Waals surface area contributed by atoms with Crippen LogP contribution < -0.4 is 10.1 Å². The van der Waals surface area contributed by atoms with Crippen LogP contribution in [0.3, 0.4) is 0 Å². The van der Waals surface area contributed by atoms with Gasteiger partial charge in [0.25, 0.3) is 11.1 Å². The lowest BCUT2D eigenvalue weighted by atomic mass is 10.1. The van der Waals surface area contributed by atoms with Gasteiger partial charge in [-0.15, -0.1) is 10.2 Å². The van der Waals surface area contributed by atoms with E-state index in [1.807, 2.05) is 38.1 Å². The number of aryl methyl sites for hydroxylation is 2. The number of rotatable bonds is 7. The zero-order valence-electron chi connectivity index (χ0n) is 15.4. The molecule has 0 saturated carbocycles. The molecular formula is C20H18N4O3S. The molecule has 3 aromatic rings. The van der Waals surface area contributed by atoms with Gasteiger partial charge in [0.05, 0.1) is 17.0 Å². The van der Waals surface area contributed by atoms with E-state index in [1.54, 1.807) is 24.3 Å². The molecule has 0 spiro atoms. The molecule has 1 aromatic heterocycles. The Bertz CT molecular complexity index is 1030. The van der Waals surface area contributed by atoms with E-state index in [-0.39, 0.29) is 23.5 Å². The van der Waals surface area contributed by atoms with Crippen molar-refractivity contribution in [2.45, 2.75) is 25.7 Å². The van der Waals surface area contributed by atoms with Gasteiger partial charge in [-0.1, -0.05) is 30.0 Å². The minimum Gasteiger partial charge on any atom is -0.484 e. The van der Waals surface area contributed by atoms with E-state index in [0.29, 0.717) is 17.1 Å². The number of nitrogens with one attached hydrogen (secondary N) is 1. The molecule has 3 rings (SSSR count). The topological polar surface area (TPSA) is 101 Å². The Balaban J connectivity index is 1.49. The third-order valence-electron chi connectivity index (χ3n) is 3.94. The molecule has 28 heavy (non-hydrogen) atoms. The minimum absolute atomic E-state index is 0.0827. The van der Waals surface area contributed by atoms with Gasteiger partial charge in [-0.3, -0.25) is 4.79 Å². The zero-order valence-corrected chi connectivity index (χ0v) is 16.2. The Hall–Kier alpha value is -3.31. The molecule has 0 unspecified atom stereocenters. The average molecular weight is 394 g/mol. The predicted octanol–water partition coefficient (Wildman–Crippen LogP) is 3.87. The van der Waals surface area contributed by atoms with E-state index in [0.717, 1.165) is 23.1 Å². The fraction of sp³-hybridized carbons (Fsp3) is 0.200. The second-order valence-electron chi connectivity index (χ2n) is 5.99. The van der Waals surface area contributed by atoms with Gasteiger partial charge < -0.3 is 14.5 Å². The summed E-state index contributed by atoms with van der Waals surface area (Å²) < 4.78 is 11.1. The summed E-state index contributed by atoms with van der Waals surface area (Å²) in [5.41, 5.74) is 3.22. The van der Waals surface area contributed by atoms with Gasteiger partial charge in [0.15, 0.2) is 6.61 Å². The molecule has 1 N–H and O–H groups in total. The second-order valence-corrected chi connectivity index (χ2v) is 6.92. The lowest BCUT2D eigenvalue weighted by Gasteiger charge is -2.06. The summed E-state index contributed by atoms with van der Waals surface area (Å²) in [5, 5.41) is 19.9. The summed E-state index contributed by atoms with van der Waals surface area (Å²) in [6.45, 7) is 4.21. The van der Waals surface area contributed by atoms with Crippen molar-refractivity contribution >= 4 is 23.4 Å². The quantitative estimate of drug-likeness (QED) is 0.607. The summed E-state index contributed by atoms with van der Waals surface area (Å²) in [4.78, 5) is 12.1. The number of ether oxygens (including phenoxy) is 1. The highest BCUT2D eigenvalue weighted by Gasteiger charge is 2.12. The van der Waals surface area contributed by atoms with Crippen LogP contribution in [-0.4, -0.2) is 21.9 Å².